The van der Waals surface area contributed by atoms with Gasteiger partial charge < -0.3 is 26.2 Å². The molecular formula is C22H24N4O5. The molecule has 3 amide bonds. The van der Waals surface area contributed by atoms with Gasteiger partial charge >= 0.3 is 6.09 Å². The van der Waals surface area contributed by atoms with Crippen LogP contribution < -0.4 is 16.4 Å². The third-order valence-corrected chi connectivity index (χ3v) is 4.29. The molecular weight excluding hydrogens is 400 g/mol. The number of amides is 3. The van der Waals surface area contributed by atoms with Gasteiger partial charge in [0.1, 0.15) is 12.6 Å². The predicted octanol–water partition coefficient (Wildman–Crippen LogP) is 0.748. The molecule has 0 saturated carbocycles. The summed E-state index contributed by atoms with van der Waals surface area (Å²) in [5.41, 5.74) is 7.26. The average molecular weight is 424 g/mol. The number of aliphatic hydroxyl groups is 1. The van der Waals surface area contributed by atoms with Crippen molar-refractivity contribution in [3.05, 3.63) is 71.3 Å². The number of hydrogen-bond acceptors (Lipinski definition) is 6. The van der Waals surface area contributed by atoms with E-state index in [1.165, 1.54) is 0 Å². The molecule has 2 aromatic rings. The minimum absolute atomic E-state index is 0.0799. The number of nitriles is 1. The molecule has 31 heavy (non-hydrogen) atoms. The molecule has 0 unspecified atom stereocenters. The summed E-state index contributed by atoms with van der Waals surface area (Å²) in [7, 11) is 0. The molecule has 0 aromatic heterocycles. The second kappa shape index (κ2) is 11.9. The lowest BCUT2D eigenvalue weighted by Gasteiger charge is -2.17. The molecule has 0 saturated heterocycles. The van der Waals surface area contributed by atoms with Crippen molar-refractivity contribution in [2.24, 2.45) is 5.73 Å². The fourth-order valence-corrected chi connectivity index (χ4v) is 2.74. The van der Waals surface area contributed by atoms with Crippen molar-refractivity contribution < 1.29 is 24.2 Å². The highest BCUT2D eigenvalue weighted by Crippen LogP contribution is 2.08. The molecule has 0 radical (unpaired) electrons. The highest BCUT2D eigenvalue weighted by Gasteiger charge is 2.21. The van der Waals surface area contributed by atoms with Crippen LogP contribution in [0.4, 0.5) is 4.79 Å². The number of nitrogens with zero attached hydrogens (tertiary/aromatic N) is 1. The molecule has 0 fully saturated rings. The molecule has 2 aromatic carbocycles. The molecule has 0 heterocycles. The van der Waals surface area contributed by atoms with E-state index in [-0.39, 0.29) is 26.0 Å². The Bertz CT molecular complexity index is 942. The number of carbonyl (C=O) groups is 3. The fraction of sp³-hybridized carbons (Fsp3) is 0.273. The number of primary amides is 1. The minimum atomic E-state index is -1.18. The Hall–Kier alpha value is -3.90. The maximum atomic E-state index is 12.2. The number of carbonyl (C=O) groups excluding carboxylic acids is 3. The van der Waals surface area contributed by atoms with E-state index < -0.39 is 30.1 Å². The second-order valence-corrected chi connectivity index (χ2v) is 6.84. The number of aliphatic hydroxyl groups excluding tert-OH is 1. The fourth-order valence-electron chi connectivity index (χ4n) is 2.74. The summed E-state index contributed by atoms with van der Waals surface area (Å²) < 4.78 is 5.02. The van der Waals surface area contributed by atoms with E-state index in [9.17, 15) is 19.5 Å². The van der Waals surface area contributed by atoms with Crippen LogP contribution in [0.1, 0.15) is 23.1 Å². The van der Waals surface area contributed by atoms with Gasteiger partial charge in [-0.2, -0.15) is 5.26 Å². The number of ether oxygens (including phenoxy) is 1. The van der Waals surface area contributed by atoms with E-state index in [0.717, 1.165) is 5.56 Å². The molecule has 0 aliphatic heterocycles. The van der Waals surface area contributed by atoms with E-state index in [1.807, 2.05) is 24.3 Å². The Kier molecular flexibility index (Phi) is 9.01. The van der Waals surface area contributed by atoms with Gasteiger partial charge in [-0.3, -0.25) is 9.59 Å². The Balaban J connectivity index is 1.76. The lowest BCUT2D eigenvalue weighted by atomic mass is 10.0. The van der Waals surface area contributed by atoms with Gasteiger partial charge in [-0.1, -0.05) is 42.5 Å². The summed E-state index contributed by atoms with van der Waals surface area (Å²) in [6, 6.07) is 16.7. The van der Waals surface area contributed by atoms with E-state index in [1.54, 1.807) is 36.4 Å². The number of alkyl carbamates (subject to hydrolysis) is 1. The van der Waals surface area contributed by atoms with Crippen molar-refractivity contribution in [3.63, 3.8) is 0 Å². The minimum Gasteiger partial charge on any atom is -0.445 e. The van der Waals surface area contributed by atoms with Crippen LogP contribution in [0.2, 0.25) is 0 Å². The summed E-state index contributed by atoms with van der Waals surface area (Å²) >= 11 is 0. The van der Waals surface area contributed by atoms with Crippen LogP contribution in [0.15, 0.2) is 54.6 Å². The standard InChI is InChI=1S/C22H24N4O5/c23-12-17-8-4-7-16(9-17)10-19(21(24)29)26-20(28)11-18(27)13-25-22(30)31-14-15-5-2-1-3-6-15/h1-9,18-19,27H,10-11,13-14H2,(H2,24,29)(H,25,30)(H,26,28)/t18-,19-/m0/s1. The summed E-state index contributed by atoms with van der Waals surface area (Å²) in [6.07, 6.45) is -2.15. The average Bonchev–Trinajstić information content (AvgIpc) is 2.76. The highest BCUT2D eigenvalue weighted by molar-refractivity contribution is 5.87. The van der Waals surface area contributed by atoms with E-state index >= 15 is 0 Å². The molecule has 0 aliphatic carbocycles. The number of nitrogens with two attached hydrogens (primary N) is 1. The van der Waals surface area contributed by atoms with Crippen molar-refractivity contribution in [1.29, 1.82) is 5.26 Å². The molecule has 5 N–H and O–H groups in total. The lowest BCUT2D eigenvalue weighted by Crippen LogP contribution is -2.47. The summed E-state index contributed by atoms with van der Waals surface area (Å²) in [4.78, 5) is 35.6. The van der Waals surface area contributed by atoms with Gasteiger partial charge in [0.25, 0.3) is 0 Å². The lowest BCUT2D eigenvalue weighted by molar-refractivity contribution is -0.128. The second-order valence-electron chi connectivity index (χ2n) is 6.84. The van der Waals surface area contributed by atoms with Gasteiger partial charge in [-0.25, -0.2) is 4.79 Å². The van der Waals surface area contributed by atoms with Gasteiger partial charge in [0.2, 0.25) is 11.8 Å². The Morgan fingerprint density at radius 2 is 1.81 bits per heavy atom. The summed E-state index contributed by atoms with van der Waals surface area (Å²) in [5, 5.41) is 23.8. The third kappa shape index (κ3) is 8.55. The number of nitrogens with one attached hydrogen (secondary N) is 2. The highest BCUT2D eigenvalue weighted by atomic mass is 16.5. The number of rotatable bonds is 10. The van der Waals surface area contributed by atoms with Crippen LogP contribution in [-0.4, -0.2) is 41.7 Å². The van der Waals surface area contributed by atoms with Gasteiger partial charge in [0, 0.05) is 13.0 Å². The van der Waals surface area contributed by atoms with Crippen molar-refractivity contribution in [1.82, 2.24) is 10.6 Å². The SMILES string of the molecule is N#Cc1cccc(C[C@H](NC(=O)C[C@H](O)CNC(=O)OCc2ccccc2)C(N)=O)c1. The maximum absolute atomic E-state index is 12.2. The maximum Gasteiger partial charge on any atom is 0.407 e. The Morgan fingerprint density at radius 1 is 1.10 bits per heavy atom. The molecule has 2 atom stereocenters. The quantitative estimate of drug-likeness (QED) is 0.441. The monoisotopic (exact) mass is 424 g/mol. The van der Waals surface area contributed by atoms with Crippen LogP contribution in [0.3, 0.4) is 0 Å². The first-order chi connectivity index (χ1) is 14.9. The number of benzene rings is 2. The van der Waals surface area contributed by atoms with Gasteiger partial charge in [-0.05, 0) is 23.3 Å². The van der Waals surface area contributed by atoms with E-state index in [0.29, 0.717) is 11.1 Å². The molecule has 0 aliphatic rings. The van der Waals surface area contributed by atoms with Crippen molar-refractivity contribution in [2.75, 3.05) is 6.54 Å². The van der Waals surface area contributed by atoms with Crippen LogP contribution >= 0.6 is 0 Å². The number of hydrogen-bond donors (Lipinski definition) is 4. The predicted molar refractivity (Wildman–Crippen MR) is 111 cm³/mol. The van der Waals surface area contributed by atoms with Crippen molar-refractivity contribution in [2.45, 2.75) is 31.6 Å². The molecule has 0 bridgehead atoms. The van der Waals surface area contributed by atoms with E-state index in [4.69, 9.17) is 15.7 Å². The smallest absolute Gasteiger partial charge is 0.407 e. The molecule has 9 nitrogen and oxygen atoms in total. The molecule has 9 heteroatoms. The first-order valence-electron chi connectivity index (χ1n) is 9.57. The van der Waals surface area contributed by atoms with E-state index in [2.05, 4.69) is 10.6 Å². The largest absolute Gasteiger partial charge is 0.445 e. The zero-order valence-corrected chi connectivity index (χ0v) is 16.8. The first kappa shape index (κ1) is 23.4. The molecule has 162 valence electrons. The molecule has 0 spiro atoms. The van der Waals surface area contributed by atoms with Crippen molar-refractivity contribution in [3.8, 4) is 6.07 Å². The third-order valence-electron chi connectivity index (χ3n) is 4.29. The van der Waals surface area contributed by atoms with Gasteiger partial charge in [0.15, 0.2) is 0 Å². The van der Waals surface area contributed by atoms with Crippen LogP contribution in [0.25, 0.3) is 0 Å². The summed E-state index contributed by atoms with van der Waals surface area (Å²) in [5.74, 6) is -1.35. The first-order valence-corrected chi connectivity index (χ1v) is 9.57. The van der Waals surface area contributed by atoms with Gasteiger partial charge in [0.05, 0.1) is 24.2 Å². The van der Waals surface area contributed by atoms with Crippen LogP contribution in [0, 0.1) is 11.3 Å². The van der Waals surface area contributed by atoms with Gasteiger partial charge in [-0.15, -0.1) is 0 Å². The zero-order chi connectivity index (χ0) is 22.6. The normalized spacial score (nSPS) is 12.1. The summed E-state index contributed by atoms with van der Waals surface area (Å²) in [6.45, 7) is -0.122. The topological polar surface area (TPSA) is 155 Å². The Morgan fingerprint density at radius 3 is 2.48 bits per heavy atom. The Labute approximate surface area is 179 Å². The van der Waals surface area contributed by atoms with Crippen molar-refractivity contribution >= 4 is 17.9 Å². The van der Waals surface area contributed by atoms with Crippen LogP contribution in [0.5, 0.6) is 0 Å². The van der Waals surface area contributed by atoms with Crippen LogP contribution in [-0.2, 0) is 27.4 Å². The molecule has 2 rings (SSSR count). The zero-order valence-electron chi connectivity index (χ0n) is 16.8.